The van der Waals surface area contributed by atoms with Gasteiger partial charge in [-0.05, 0) is 42.5 Å². The first-order valence-corrected chi connectivity index (χ1v) is 9.77. The van der Waals surface area contributed by atoms with Crippen molar-refractivity contribution in [2.24, 2.45) is 0 Å². The molecule has 0 fully saturated rings. The van der Waals surface area contributed by atoms with Crippen LogP contribution in [-0.2, 0) is 0 Å². The van der Waals surface area contributed by atoms with Crippen LogP contribution in [0.2, 0.25) is 0 Å². The van der Waals surface area contributed by atoms with Crippen LogP contribution >= 0.6 is 0 Å². The van der Waals surface area contributed by atoms with Crippen molar-refractivity contribution in [1.29, 1.82) is 0 Å². The van der Waals surface area contributed by atoms with Crippen LogP contribution in [0.4, 0.5) is 4.39 Å². The normalized spacial score (nSPS) is 11.4. The Morgan fingerprint density at radius 1 is 0.781 bits per heavy atom. The minimum absolute atomic E-state index is 0.181. The van der Waals surface area contributed by atoms with Gasteiger partial charge in [-0.25, -0.2) is 14.4 Å². The van der Waals surface area contributed by atoms with Crippen LogP contribution in [0.3, 0.4) is 0 Å². The topological polar surface area (TPSA) is 116 Å². The highest BCUT2D eigenvalue weighted by Crippen LogP contribution is 2.32. The van der Waals surface area contributed by atoms with E-state index < -0.39 is 5.82 Å². The molecule has 32 heavy (non-hydrogen) atoms. The summed E-state index contributed by atoms with van der Waals surface area (Å²) in [5, 5.41) is 17.2. The highest BCUT2D eigenvalue weighted by molar-refractivity contribution is 5.95. The molecule has 1 aromatic carbocycles. The third kappa shape index (κ3) is 2.95. The molecule has 9 heteroatoms. The lowest BCUT2D eigenvalue weighted by Gasteiger charge is -2.03. The number of aromatic nitrogens is 7. The van der Waals surface area contributed by atoms with Gasteiger partial charge in [0.25, 0.3) is 0 Å². The molecule has 0 atom stereocenters. The number of rotatable bonds is 3. The molecule has 8 nitrogen and oxygen atoms in total. The first-order valence-electron chi connectivity index (χ1n) is 9.77. The van der Waals surface area contributed by atoms with Crippen molar-refractivity contribution in [2.75, 3.05) is 0 Å². The number of hydrogen-bond acceptors (Lipinski definition) is 6. The molecular weight excluding hydrogens is 409 g/mol. The van der Waals surface area contributed by atoms with Crippen LogP contribution in [-0.4, -0.2) is 40.2 Å². The molecule has 0 aliphatic rings. The number of nitrogens with one attached hydrogen (secondary N) is 2. The van der Waals surface area contributed by atoms with Gasteiger partial charge >= 0.3 is 0 Å². The molecule has 0 amide bonds. The Hall–Kier alpha value is -4.66. The number of imidazole rings is 1. The quantitative estimate of drug-likeness (QED) is 0.387. The molecule has 0 aliphatic heterocycles. The van der Waals surface area contributed by atoms with E-state index >= 15 is 0 Å². The minimum Gasteiger partial charge on any atom is -0.508 e. The third-order valence-corrected chi connectivity index (χ3v) is 5.12. The summed E-state index contributed by atoms with van der Waals surface area (Å²) < 4.78 is 13.9. The van der Waals surface area contributed by atoms with Gasteiger partial charge in [-0.2, -0.15) is 5.10 Å². The second-order valence-corrected chi connectivity index (χ2v) is 7.22. The maximum absolute atomic E-state index is 13.9. The smallest absolute Gasteiger partial charge is 0.161 e. The second-order valence-electron chi connectivity index (χ2n) is 7.22. The van der Waals surface area contributed by atoms with Crippen molar-refractivity contribution < 1.29 is 9.50 Å². The lowest BCUT2D eigenvalue weighted by molar-refractivity contribution is 0.469. The molecule has 0 saturated heterocycles. The van der Waals surface area contributed by atoms with E-state index in [-0.39, 0.29) is 5.75 Å². The molecular formula is C23H14FN7O. The zero-order valence-corrected chi connectivity index (χ0v) is 16.4. The SMILES string of the molecule is Oc1cc(F)cc(-c2nccc3[nH]c(-c4n[nH]c5ccc(-c6ccccn6)nc45)nc23)c1. The Labute approximate surface area is 179 Å². The zero-order chi connectivity index (χ0) is 21.7. The summed E-state index contributed by atoms with van der Waals surface area (Å²) in [6.45, 7) is 0. The van der Waals surface area contributed by atoms with E-state index in [0.717, 1.165) is 23.0 Å². The maximum Gasteiger partial charge on any atom is 0.161 e. The molecule has 6 rings (SSSR count). The zero-order valence-electron chi connectivity index (χ0n) is 16.4. The molecule has 0 aliphatic carbocycles. The fraction of sp³-hybridized carbons (Fsp3) is 0. The average Bonchev–Trinajstić information content (AvgIpc) is 3.42. The van der Waals surface area contributed by atoms with E-state index in [4.69, 9.17) is 4.98 Å². The van der Waals surface area contributed by atoms with Crippen LogP contribution in [0, 0.1) is 5.82 Å². The van der Waals surface area contributed by atoms with E-state index in [0.29, 0.717) is 39.3 Å². The summed E-state index contributed by atoms with van der Waals surface area (Å²) in [6.07, 6.45) is 3.32. The number of H-pyrrole nitrogens is 2. The number of aromatic hydroxyl groups is 1. The third-order valence-electron chi connectivity index (χ3n) is 5.12. The molecule has 5 heterocycles. The molecule has 6 aromatic rings. The van der Waals surface area contributed by atoms with Gasteiger partial charge in [-0.1, -0.05) is 6.07 Å². The molecule has 5 aromatic heterocycles. The summed E-state index contributed by atoms with van der Waals surface area (Å²) in [5.41, 5.74) is 5.52. The van der Waals surface area contributed by atoms with Crippen molar-refractivity contribution in [3.8, 4) is 39.9 Å². The fourth-order valence-electron chi connectivity index (χ4n) is 3.69. The summed E-state index contributed by atoms with van der Waals surface area (Å²) >= 11 is 0. The predicted octanol–water partition coefficient (Wildman–Crippen LogP) is 4.47. The van der Waals surface area contributed by atoms with Crippen molar-refractivity contribution in [3.63, 3.8) is 0 Å². The van der Waals surface area contributed by atoms with Gasteiger partial charge in [0.1, 0.15) is 22.6 Å². The average molecular weight is 423 g/mol. The Bertz CT molecular complexity index is 1590. The van der Waals surface area contributed by atoms with E-state index in [9.17, 15) is 9.50 Å². The van der Waals surface area contributed by atoms with Crippen molar-refractivity contribution >= 4 is 22.1 Å². The van der Waals surface area contributed by atoms with Crippen LogP contribution in [0.5, 0.6) is 5.75 Å². The Balaban J connectivity index is 1.52. The Kier molecular flexibility index (Phi) is 3.94. The minimum atomic E-state index is -0.556. The Morgan fingerprint density at radius 3 is 2.53 bits per heavy atom. The number of fused-ring (bicyclic) bond motifs is 2. The monoisotopic (exact) mass is 423 g/mol. The van der Waals surface area contributed by atoms with E-state index in [1.165, 1.54) is 12.1 Å². The molecule has 3 N–H and O–H groups in total. The van der Waals surface area contributed by atoms with Crippen molar-refractivity contribution in [3.05, 3.63) is 72.8 Å². The number of phenolic OH excluding ortho intramolecular Hbond substituents is 1. The first kappa shape index (κ1) is 18.1. The molecule has 154 valence electrons. The lowest BCUT2D eigenvalue weighted by Crippen LogP contribution is -1.89. The number of pyridine rings is 3. The van der Waals surface area contributed by atoms with Gasteiger partial charge in [-0.15, -0.1) is 0 Å². The summed E-state index contributed by atoms with van der Waals surface area (Å²) in [5.74, 6) is -0.245. The molecule has 0 saturated carbocycles. The summed E-state index contributed by atoms with van der Waals surface area (Å²) in [7, 11) is 0. The number of benzene rings is 1. The Morgan fingerprint density at radius 2 is 1.69 bits per heavy atom. The van der Waals surface area contributed by atoms with E-state index in [1.54, 1.807) is 18.5 Å². The van der Waals surface area contributed by atoms with Crippen LogP contribution in [0.15, 0.2) is 67.0 Å². The van der Waals surface area contributed by atoms with Gasteiger partial charge in [0.05, 0.1) is 28.1 Å². The fourth-order valence-corrected chi connectivity index (χ4v) is 3.69. The second kappa shape index (κ2) is 6.95. The van der Waals surface area contributed by atoms with Crippen LogP contribution < -0.4 is 0 Å². The number of phenols is 1. The predicted molar refractivity (Wildman–Crippen MR) is 117 cm³/mol. The largest absolute Gasteiger partial charge is 0.508 e. The highest BCUT2D eigenvalue weighted by Gasteiger charge is 2.18. The molecule has 0 unspecified atom stereocenters. The van der Waals surface area contributed by atoms with Gasteiger partial charge in [0.15, 0.2) is 11.5 Å². The maximum atomic E-state index is 13.9. The van der Waals surface area contributed by atoms with Crippen LogP contribution in [0.1, 0.15) is 0 Å². The summed E-state index contributed by atoms with van der Waals surface area (Å²) in [4.78, 5) is 21.4. The van der Waals surface area contributed by atoms with Crippen molar-refractivity contribution in [2.45, 2.75) is 0 Å². The standard InChI is InChI=1S/C23H14FN7O/c24-13-9-12(10-14(32)11-13)19-20-17(6-8-26-19)28-23(29-20)22-21-18(30-31-22)5-4-16(27-21)15-3-1-2-7-25-15/h1-11,32H,(H,28,29)(H,30,31). The number of hydrogen-bond donors (Lipinski definition) is 3. The lowest BCUT2D eigenvalue weighted by atomic mass is 10.1. The van der Waals surface area contributed by atoms with Crippen LogP contribution in [0.25, 0.3) is 56.2 Å². The highest BCUT2D eigenvalue weighted by atomic mass is 19.1. The van der Waals surface area contributed by atoms with Gasteiger partial charge in [-0.3, -0.25) is 15.1 Å². The number of halogens is 1. The molecule has 0 bridgehead atoms. The summed E-state index contributed by atoms with van der Waals surface area (Å²) in [6, 6.07) is 15.0. The first-order chi connectivity index (χ1) is 15.7. The van der Waals surface area contributed by atoms with Crippen molar-refractivity contribution in [1.82, 2.24) is 35.1 Å². The number of nitrogens with zero attached hydrogens (tertiary/aromatic N) is 5. The number of aromatic amines is 2. The van der Waals surface area contributed by atoms with E-state index in [1.807, 2.05) is 30.3 Å². The molecule has 0 spiro atoms. The van der Waals surface area contributed by atoms with E-state index in [2.05, 4.69) is 30.1 Å². The van der Waals surface area contributed by atoms with Gasteiger partial charge < -0.3 is 10.1 Å². The van der Waals surface area contributed by atoms with Gasteiger partial charge in [0.2, 0.25) is 0 Å². The van der Waals surface area contributed by atoms with Gasteiger partial charge in [0, 0.05) is 24.0 Å². The molecule has 0 radical (unpaired) electrons.